The van der Waals surface area contributed by atoms with Crippen molar-refractivity contribution in [3.05, 3.63) is 38.3 Å². The molecule has 0 amide bonds. The van der Waals surface area contributed by atoms with Crippen molar-refractivity contribution in [3.63, 3.8) is 0 Å². The van der Waals surface area contributed by atoms with Gasteiger partial charge in [-0.3, -0.25) is 0 Å². The number of carboxylic acids is 1. The lowest BCUT2D eigenvalue weighted by Gasteiger charge is -2.02. The van der Waals surface area contributed by atoms with Crippen LogP contribution in [0.3, 0.4) is 0 Å². The van der Waals surface area contributed by atoms with Gasteiger partial charge in [0.05, 0.1) is 10.7 Å². The monoisotopic (exact) mass is 373 g/mol. The number of halogens is 2. The van der Waals surface area contributed by atoms with Crippen LogP contribution < -0.4 is 0 Å². The van der Waals surface area contributed by atoms with Crippen LogP contribution in [-0.2, 0) is 6.42 Å². The predicted molar refractivity (Wildman–Crippen MR) is 85.8 cm³/mol. The van der Waals surface area contributed by atoms with Crippen molar-refractivity contribution in [1.82, 2.24) is 4.98 Å². The maximum absolute atomic E-state index is 11.3. The summed E-state index contributed by atoms with van der Waals surface area (Å²) in [6.07, 6.45) is 0.655. The van der Waals surface area contributed by atoms with Gasteiger partial charge in [0.2, 0.25) is 0 Å². The molecule has 0 unspecified atom stereocenters. The summed E-state index contributed by atoms with van der Waals surface area (Å²) in [6.45, 7) is 4.09. The minimum Gasteiger partial charge on any atom is -0.477 e. The van der Waals surface area contributed by atoms with E-state index in [9.17, 15) is 9.90 Å². The summed E-state index contributed by atoms with van der Waals surface area (Å²) >= 11 is 10.6. The van der Waals surface area contributed by atoms with Gasteiger partial charge in [-0.2, -0.15) is 0 Å². The Morgan fingerprint density at radius 1 is 1.50 bits per heavy atom. The molecule has 1 N–H and O–H groups in total. The van der Waals surface area contributed by atoms with Crippen molar-refractivity contribution >= 4 is 44.8 Å². The van der Waals surface area contributed by atoms with E-state index in [1.807, 2.05) is 26.0 Å². The number of carbonyl (C=O) groups is 1. The Bertz CT molecular complexity index is 655. The second-order valence-electron chi connectivity index (χ2n) is 4.83. The Morgan fingerprint density at radius 3 is 2.75 bits per heavy atom. The van der Waals surface area contributed by atoms with Gasteiger partial charge < -0.3 is 5.11 Å². The molecule has 20 heavy (non-hydrogen) atoms. The molecule has 1 heterocycles. The van der Waals surface area contributed by atoms with E-state index in [-0.39, 0.29) is 0 Å². The van der Waals surface area contributed by atoms with Crippen molar-refractivity contribution in [3.8, 4) is 10.6 Å². The molecular formula is C14H13BrClNO2S. The molecule has 0 saturated carbocycles. The largest absolute Gasteiger partial charge is 0.477 e. The summed E-state index contributed by atoms with van der Waals surface area (Å²) in [5.74, 6) is -0.566. The van der Waals surface area contributed by atoms with E-state index in [0.717, 1.165) is 10.0 Å². The number of benzene rings is 1. The van der Waals surface area contributed by atoms with E-state index in [2.05, 4.69) is 20.9 Å². The zero-order valence-corrected chi connectivity index (χ0v) is 14.1. The molecule has 3 nitrogen and oxygen atoms in total. The summed E-state index contributed by atoms with van der Waals surface area (Å²) in [5.41, 5.74) is 1.48. The first-order chi connectivity index (χ1) is 9.38. The molecular weight excluding hydrogens is 362 g/mol. The first kappa shape index (κ1) is 15.5. The smallest absolute Gasteiger partial charge is 0.347 e. The minimum absolute atomic E-state index is 0.313. The number of aromatic carboxylic acids is 1. The van der Waals surface area contributed by atoms with Crippen molar-refractivity contribution in [2.75, 3.05) is 0 Å². The van der Waals surface area contributed by atoms with Gasteiger partial charge in [0, 0.05) is 10.0 Å². The zero-order chi connectivity index (χ0) is 14.9. The summed E-state index contributed by atoms with van der Waals surface area (Å²) in [5, 5.41) is 10.5. The van der Waals surface area contributed by atoms with E-state index in [0.29, 0.717) is 32.9 Å². The highest BCUT2D eigenvalue weighted by molar-refractivity contribution is 9.10. The molecule has 0 aliphatic carbocycles. The van der Waals surface area contributed by atoms with E-state index >= 15 is 0 Å². The molecule has 0 bridgehead atoms. The van der Waals surface area contributed by atoms with Crippen molar-refractivity contribution in [2.24, 2.45) is 5.92 Å². The van der Waals surface area contributed by atoms with Crippen molar-refractivity contribution in [2.45, 2.75) is 20.3 Å². The average Bonchev–Trinajstić information content (AvgIpc) is 2.76. The Morgan fingerprint density at radius 2 is 2.20 bits per heavy atom. The standard InChI is InChI=1S/C14H13BrClNO2S/c1-7(2)5-11-12(14(18)19)20-13(17-11)8-3-4-9(15)10(16)6-8/h3-4,6-7H,5H2,1-2H3,(H,18,19). The maximum atomic E-state index is 11.3. The van der Waals surface area contributed by atoms with Crippen LogP contribution in [0.2, 0.25) is 5.02 Å². The number of aromatic nitrogens is 1. The average molecular weight is 375 g/mol. The number of hydrogen-bond acceptors (Lipinski definition) is 3. The fourth-order valence-corrected chi connectivity index (χ4v) is 3.15. The zero-order valence-electron chi connectivity index (χ0n) is 11.0. The molecule has 0 atom stereocenters. The summed E-state index contributed by atoms with van der Waals surface area (Å²) in [6, 6.07) is 5.50. The number of rotatable bonds is 4. The number of carboxylic acid groups (broad SMARTS) is 1. The van der Waals surface area contributed by atoms with Gasteiger partial charge in [-0.15, -0.1) is 11.3 Å². The SMILES string of the molecule is CC(C)Cc1nc(-c2ccc(Br)c(Cl)c2)sc1C(=O)O. The fourth-order valence-electron chi connectivity index (χ4n) is 1.80. The van der Waals surface area contributed by atoms with Crippen molar-refractivity contribution < 1.29 is 9.90 Å². The van der Waals surface area contributed by atoms with Gasteiger partial charge in [0.1, 0.15) is 9.88 Å². The molecule has 0 spiro atoms. The highest BCUT2D eigenvalue weighted by atomic mass is 79.9. The fraction of sp³-hybridized carbons (Fsp3) is 0.286. The lowest BCUT2D eigenvalue weighted by molar-refractivity contribution is 0.0700. The molecule has 0 radical (unpaired) electrons. The predicted octanol–water partition coefficient (Wildman–Crippen LogP) is 5.12. The molecule has 106 valence electrons. The normalized spacial score (nSPS) is 11.1. The first-order valence-electron chi connectivity index (χ1n) is 6.07. The second kappa shape index (κ2) is 6.24. The van der Waals surface area contributed by atoms with Gasteiger partial charge in [0.15, 0.2) is 0 Å². The Kier molecular flexibility index (Phi) is 4.83. The van der Waals surface area contributed by atoms with Crippen LogP contribution in [-0.4, -0.2) is 16.1 Å². The van der Waals surface area contributed by atoms with Crippen LogP contribution in [0.15, 0.2) is 22.7 Å². The second-order valence-corrected chi connectivity index (χ2v) is 7.09. The molecule has 1 aromatic heterocycles. The van der Waals surface area contributed by atoms with E-state index in [1.54, 1.807) is 6.07 Å². The highest BCUT2D eigenvalue weighted by Crippen LogP contribution is 2.33. The molecule has 2 rings (SSSR count). The molecule has 0 fully saturated rings. The van der Waals surface area contributed by atoms with E-state index < -0.39 is 5.97 Å². The van der Waals surface area contributed by atoms with E-state index in [4.69, 9.17) is 11.6 Å². The maximum Gasteiger partial charge on any atom is 0.347 e. The minimum atomic E-state index is -0.924. The van der Waals surface area contributed by atoms with Crippen molar-refractivity contribution in [1.29, 1.82) is 0 Å². The number of hydrogen-bond donors (Lipinski definition) is 1. The number of nitrogens with zero attached hydrogens (tertiary/aromatic N) is 1. The molecule has 1 aromatic carbocycles. The Balaban J connectivity index is 2.46. The van der Waals surface area contributed by atoms with E-state index in [1.165, 1.54) is 11.3 Å². The third-order valence-corrected chi connectivity index (χ3v) is 5.03. The quantitative estimate of drug-likeness (QED) is 0.807. The summed E-state index contributed by atoms with van der Waals surface area (Å²) < 4.78 is 0.806. The lowest BCUT2D eigenvalue weighted by Crippen LogP contribution is -2.02. The Labute approximate surface area is 134 Å². The van der Waals surface area contributed by atoms with Gasteiger partial charge >= 0.3 is 5.97 Å². The van der Waals surface area contributed by atoms with Crippen LogP contribution in [0.5, 0.6) is 0 Å². The molecule has 0 aliphatic heterocycles. The van der Waals surface area contributed by atoms with Gasteiger partial charge in [-0.25, -0.2) is 9.78 Å². The Hall–Kier alpha value is -0.910. The molecule has 2 aromatic rings. The molecule has 0 saturated heterocycles. The highest BCUT2D eigenvalue weighted by Gasteiger charge is 2.19. The van der Waals surface area contributed by atoms with Crippen LogP contribution in [0, 0.1) is 5.92 Å². The van der Waals surface area contributed by atoms with Crippen LogP contribution >= 0.6 is 38.9 Å². The summed E-state index contributed by atoms with van der Waals surface area (Å²) in [4.78, 5) is 16.1. The molecule has 0 aliphatic rings. The number of thiazole rings is 1. The third kappa shape index (κ3) is 3.40. The van der Waals surface area contributed by atoms with Gasteiger partial charge in [-0.05, 0) is 40.4 Å². The van der Waals surface area contributed by atoms with Gasteiger partial charge in [0.25, 0.3) is 0 Å². The van der Waals surface area contributed by atoms with Crippen LogP contribution in [0.25, 0.3) is 10.6 Å². The summed E-state index contributed by atoms with van der Waals surface area (Å²) in [7, 11) is 0. The first-order valence-corrected chi connectivity index (χ1v) is 8.05. The molecule has 6 heteroatoms. The van der Waals surface area contributed by atoms with Crippen LogP contribution in [0.1, 0.15) is 29.2 Å². The third-order valence-electron chi connectivity index (χ3n) is 2.66. The lowest BCUT2D eigenvalue weighted by atomic mass is 10.1. The van der Waals surface area contributed by atoms with Gasteiger partial charge in [-0.1, -0.05) is 31.5 Å². The van der Waals surface area contributed by atoms with Crippen LogP contribution in [0.4, 0.5) is 0 Å². The topological polar surface area (TPSA) is 50.2 Å².